The molecule has 1 rings (SSSR count). The molecule has 4 nitrogen and oxygen atoms in total. The normalized spacial score (nSPS) is 11.2. The third-order valence-corrected chi connectivity index (χ3v) is 3.17. The average molecular weight is 220 g/mol. The molecule has 0 unspecified atom stereocenters. The summed E-state index contributed by atoms with van der Waals surface area (Å²) < 4.78 is 0. The van der Waals surface area contributed by atoms with Gasteiger partial charge in [-0.3, -0.25) is 5.41 Å². The summed E-state index contributed by atoms with van der Waals surface area (Å²) >= 11 is 0. The molecule has 1 heterocycles. The van der Waals surface area contributed by atoms with E-state index in [9.17, 15) is 0 Å². The van der Waals surface area contributed by atoms with Crippen LogP contribution in [-0.4, -0.2) is 23.4 Å². The van der Waals surface area contributed by atoms with Crippen molar-refractivity contribution < 1.29 is 0 Å². The van der Waals surface area contributed by atoms with Crippen LogP contribution in [0.4, 0.5) is 5.82 Å². The molecule has 0 fully saturated rings. The van der Waals surface area contributed by atoms with Crippen molar-refractivity contribution >= 4 is 11.7 Å². The van der Waals surface area contributed by atoms with Crippen LogP contribution in [-0.2, 0) is 0 Å². The molecule has 0 saturated carbocycles. The predicted octanol–water partition coefficient (Wildman–Crippen LogP) is 1.99. The summed E-state index contributed by atoms with van der Waals surface area (Å²) in [5, 5.41) is 7.41. The van der Waals surface area contributed by atoms with Crippen LogP contribution < -0.4 is 10.6 Å². The van der Waals surface area contributed by atoms with Crippen molar-refractivity contribution in [3.8, 4) is 0 Å². The molecule has 4 heteroatoms. The topological polar surface area (TPSA) is 66.0 Å². The minimum atomic E-state index is 0.0441. The van der Waals surface area contributed by atoms with E-state index in [1.165, 1.54) is 0 Å². The Balaban J connectivity index is 3.05. The monoisotopic (exact) mass is 220 g/mol. The summed E-state index contributed by atoms with van der Waals surface area (Å²) in [4.78, 5) is 6.42. The molecule has 0 aliphatic rings. The number of hydrogen-bond acceptors (Lipinski definition) is 3. The molecule has 0 radical (unpaired) electrons. The number of anilines is 1. The molecule has 0 saturated heterocycles. The highest BCUT2D eigenvalue weighted by atomic mass is 15.2. The van der Waals surface area contributed by atoms with Crippen molar-refractivity contribution in [2.24, 2.45) is 5.73 Å². The van der Waals surface area contributed by atoms with Crippen molar-refractivity contribution in [1.29, 1.82) is 5.41 Å². The molecule has 0 aromatic carbocycles. The Hall–Kier alpha value is -1.58. The average Bonchev–Trinajstić information content (AvgIpc) is 2.28. The third kappa shape index (κ3) is 2.51. The van der Waals surface area contributed by atoms with E-state index >= 15 is 0 Å². The highest BCUT2D eigenvalue weighted by Gasteiger charge is 2.22. The number of nitrogens with zero attached hydrogens (tertiary/aromatic N) is 2. The van der Waals surface area contributed by atoms with Crippen LogP contribution in [0.15, 0.2) is 18.3 Å². The standard InChI is InChI=1S/C12H20N4/c1-5-12(2,3)16(4)10-8-9(11(13)14)6-7-15-10/h6-8H,5H2,1-4H3,(H3,13,14). The van der Waals surface area contributed by atoms with Gasteiger partial charge in [-0.05, 0) is 32.4 Å². The fraction of sp³-hybridized carbons (Fsp3) is 0.500. The van der Waals surface area contributed by atoms with Crippen LogP contribution in [0.3, 0.4) is 0 Å². The second-order valence-corrected chi connectivity index (χ2v) is 4.54. The Bertz CT molecular complexity index is 384. The van der Waals surface area contributed by atoms with Gasteiger partial charge in [0.2, 0.25) is 0 Å². The molecule has 0 bridgehead atoms. The smallest absolute Gasteiger partial charge is 0.129 e. The van der Waals surface area contributed by atoms with Crippen molar-refractivity contribution in [3.05, 3.63) is 23.9 Å². The largest absolute Gasteiger partial charge is 0.384 e. The molecule has 0 aliphatic carbocycles. The molecule has 0 amide bonds. The minimum Gasteiger partial charge on any atom is -0.384 e. The number of aromatic nitrogens is 1. The fourth-order valence-corrected chi connectivity index (χ4v) is 1.32. The van der Waals surface area contributed by atoms with Crippen LogP contribution in [0.1, 0.15) is 32.8 Å². The molecule has 3 N–H and O–H groups in total. The summed E-state index contributed by atoms with van der Waals surface area (Å²) in [5.74, 6) is 0.922. The van der Waals surface area contributed by atoms with Gasteiger partial charge in [0.25, 0.3) is 0 Å². The lowest BCUT2D eigenvalue weighted by Crippen LogP contribution is -2.41. The quantitative estimate of drug-likeness (QED) is 0.602. The summed E-state index contributed by atoms with van der Waals surface area (Å²) in [6, 6.07) is 3.60. The lowest BCUT2D eigenvalue weighted by molar-refractivity contribution is 0.467. The maximum absolute atomic E-state index is 7.41. The Labute approximate surface area is 97.0 Å². The van der Waals surface area contributed by atoms with E-state index in [2.05, 4.69) is 30.7 Å². The fourth-order valence-electron chi connectivity index (χ4n) is 1.32. The molecule has 88 valence electrons. The van der Waals surface area contributed by atoms with Crippen LogP contribution >= 0.6 is 0 Å². The van der Waals surface area contributed by atoms with Crippen LogP contribution in [0.5, 0.6) is 0 Å². The number of rotatable bonds is 4. The van der Waals surface area contributed by atoms with Crippen molar-refractivity contribution in [2.75, 3.05) is 11.9 Å². The van der Waals surface area contributed by atoms with E-state index in [1.54, 1.807) is 12.3 Å². The van der Waals surface area contributed by atoms with Gasteiger partial charge in [0, 0.05) is 24.3 Å². The van der Waals surface area contributed by atoms with E-state index in [1.807, 2.05) is 13.1 Å². The van der Waals surface area contributed by atoms with Gasteiger partial charge >= 0.3 is 0 Å². The van der Waals surface area contributed by atoms with E-state index in [0.29, 0.717) is 5.56 Å². The number of pyridine rings is 1. The lowest BCUT2D eigenvalue weighted by atomic mass is 10.00. The molecule has 16 heavy (non-hydrogen) atoms. The van der Waals surface area contributed by atoms with Gasteiger partial charge in [-0.2, -0.15) is 0 Å². The Morgan fingerprint density at radius 1 is 1.56 bits per heavy atom. The Morgan fingerprint density at radius 2 is 2.19 bits per heavy atom. The maximum atomic E-state index is 7.41. The summed E-state index contributed by atoms with van der Waals surface area (Å²) in [6.07, 6.45) is 2.71. The van der Waals surface area contributed by atoms with Gasteiger partial charge in [-0.1, -0.05) is 6.92 Å². The molecule has 0 spiro atoms. The van der Waals surface area contributed by atoms with Gasteiger partial charge in [-0.15, -0.1) is 0 Å². The summed E-state index contributed by atoms with van der Waals surface area (Å²) in [6.45, 7) is 6.47. The lowest BCUT2D eigenvalue weighted by Gasteiger charge is -2.35. The Kier molecular flexibility index (Phi) is 3.52. The van der Waals surface area contributed by atoms with E-state index < -0.39 is 0 Å². The molecular formula is C12H20N4. The molecule has 0 atom stereocenters. The second kappa shape index (κ2) is 4.51. The second-order valence-electron chi connectivity index (χ2n) is 4.54. The first kappa shape index (κ1) is 12.5. The first-order chi connectivity index (χ1) is 7.38. The van der Waals surface area contributed by atoms with Gasteiger partial charge in [0.15, 0.2) is 0 Å². The summed E-state index contributed by atoms with van der Waals surface area (Å²) in [5.41, 5.74) is 6.22. The third-order valence-electron chi connectivity index (χ3n) is 3.17. The zero-order chi connectivity index (χ0) is 12.3. The minimum absolute atomic E-state index is 0.0441. The summed E-state index contributed by atoms with van der Waals surface area (Å²) in [7, 11) is 2.01. The van der Waals surface area contributed by atoms with Gasteiger partial charge < -0.3 is 10.6 Å². The number of nitrogens with two attached hydrogens (primary N) is 1. The van der Waals surface area contributed by atoms with Crippen molar-refractivity contribution in [1.82, 2.24) is 4.98 Å². The zero-order valence-corrected chi connectivity index (χ0v) is 10.4. The highest BCUT2D eigenvalue weighted by Crippen LogP contribution is 2.23. The first-order valence-electron chi connectivity index (χ1n) is 5.42. The SMILES string of the molecule is CCC(C)(C)N(C)c1cc(C(=N)N)ccn1. The van der Waals surface area contributed by atoms with Crippen molar-refractivity contribution in [3.63, 3.8) is 0 Å². The van der Waals surface area contributed by atoms with E-state index in [-0.39, 0.29) is 11.4 Å². The highest BCUT2D eigenvalue weighted by molar-refractivity contribution is 5.95. The van der Waals surface area contributed by atoms with Gasteiger partial charge in [0.05, 0.1) is 0 Å². The number of nitrogens with one attached hydrogen (secondary N) is 1. The number of nitrogen functional groups attached to an aromatic ring is 1. The molecule has 1 aromatic heterocycles. The Morgan fingerprint density at radius 3 is 2.69 bits per heavy atom. The molecule has 0 aliphatic heterocycles. The zero-order valence-electron chi connectivity index (χ0n) is 10.4. The predicted molar refractivity (Wildman–Crippen MR) is 68.0 cm³/mol. The number of amidine groups is 1. The van der Waals surface area contributed by atoms with E-state index in [4.69, 9.17) is 11.1 Å². The van der Waals surface area contributed by atoms with Crippen molar-refractivity contribution in [2.45, 2.75) is 32.7 Å². The maximum Gasteiger partial charge on any atom is 0.129 e. The van der Waals surface area contributed by atoms with Crippen LogP contribution in [0.25, 0.3) is 0 Å². The van der Waals surface area contributed by atoms with Crippen LogP contribution in [0, 0.1) is 5.41 Å². The van der Waals surface area contributed by atoms with E-state index in [0.717, 1.165) is 12.2 Å². The van der Waals surface area contributed by atoms with Gasteiger partial charge in [0.1, 0.15) is 11.7 Å². The van der Waals surface area contributed by atoms with Gasteiger partial charge in [-0.25, -0.2) is 4.98 Å². The van der Waals surface area contributed by atoms with Crippen LogP contribution in [0.2, 0.25) is 0 Å². The first-order valence-corrected chi connectivity index (χ1v) is 5.42. The molecular weight excluding hydrogens is 200 g/mol. The molecule has 1 aromatic rings. The number of hydrogen-bond donors (Lipinski definition) is 2.